The Morgan fingerprint density at radius 1 is 1.50 bits per heavy atom. The molecule has 1 aromatic heterocycles. The molecule has 0 aliphatic heterocycles. The Hall–Kier alpha value is -0.760. The van der Waals surface area contributed by atoms with E-state index < -0.39 is 0 Å². The van der Waals surface area contributed by atoms with Gasteiger partial charge in [-0.25, -0.2) is 4.98 Å². The summed E-state index contributed by atoms with van der Waals surface area (Å²) in [5, 5.41) is 0. The average molecular weight is 214 g/mol. The third-order valence-electron chi connectivity index (χ3n) is 2.42. The van der Waals surface area contributed by atoms with Crippen molar-refractivity contribution in [2.45, 2.75) is 32.1 Å². The van der Waals surface area contributed by atoms with E-state index in [1.165, 1.54) is 0 Å². The van der Waals surface area contributed by atoms with E-state index in [0.29, 0.717) is 17.7 Å². The molecule has 0 aromatic carbocycles. The molecule has 0 saturated carbocycles. The van der Waals surface area contributed by atoms with Crippen LogP contribution in [0.1, 0.15) is 37.4 Å². The van der Waals surface area contributed by atoms with Crippen LogP contribution in [0.15, 0.2) is 12.1 Å². The van der Waals surface area contributed by atoms with Gasteiger partial charge in [-0.2, -0.15) is 0 Å². The average Bonchev–Trinajstić information content (AvgIpc) is 2.27. The van der Waals surface area contributed by atoms with Crippen LogP contribution in [-0.4, -0.2) is 12.1 Å². The first-order chi connectivity index (χ1) is 6.72. The van der Waals surface area contributed by atoms with Crippen molar-refractivity contribution >= 4 is 11.6 Å². The second kappa shape index (κ2) is 5.20. The molecule has 78 valence electrons. The summed E-state index contributed by atoms with van der Waals surface area (Å²) in [7, 11) is 1.63. The van der Waals surface area contributed by atoms with Crippen molar-refractivity contribution in [1.29, 1.82) is 0 Å². The molecule has 14 heavy (non-hydrogen) atoms. The first kappa shape index (κ1) is 11.3. The Bertz CT molecular complexity index is 301. The Morgan fingerprint density at radius 3 is 2.71 bits per heavy atom. The maximum absolute atomic E-state index is 5.85. The fourth-order valence-electron chi connectivity index (χ4n) is 1.33. The lowest BCUT2D eigenvalue weighted by Gasteiger charge is -2.13. The molecule has 0 aliphatic rings. The zero-order chi connectivity index (χ0) is 10.6. The fraction of sp³-hybridized carbons (Fsp3) is 0.545. The summed E-state index contributed by atoms with van der Waals surface area (Å²) in [4.78, 5) is 4.43. The van der Waals surface area contributed by atoms with Gasteiger partial charge in [-0.1, -0.05) is 19.9 Å². The van der Waals surface area contributed by atoms with Crippen molar-refractivity contribution in [2.75, 3.05) is 7.11 Å². The van der Waals surface area contributed by atoms with Gasteiger partial charge in [-0.15, -0.1) is 11.6 Å². The summed E-state index contributed by atoms with van der Waals surface area (Å²) in [6, 6.07) is 3.84. The van der Waals surface area contributed by atoms with Crippen LogP contribution in [0.2, 0.25) is 0 Å². The first-order valence-electron chi connectivity index (χ1n) is 4.82. The van der Waals surface area contributed by atoms with Gasteiger partial charge in [0.2, 0.25) is 5.88 Å². The number of halogens is 1. The molecule has 0 bridgehead atoms. The van der Waals surface area contributed by atoms with E-state index in [4.69, 9.17) is 16.3 Å². The zero-order valence-corrected chi connectivity index (χ0v) is 9.64. The molecule has 0 N–H and O–H groups in total. The van der Waals surface area contributed by atoms with Crippen LogP contribution in [0.5, 0.6) is 5.88 Å². The molecular weight excluding hydrogens is 198 g/mol. The van der Waals surface area contributed by atoms with Crippen LogP contribution in [0.4, 0.5) is 0 Å². The van der Waals surface area contributed by atoms with Gasteiger partial charge in [0.15, 0.2) is 0 Å². The second-order valence-corrected chi connectivity index (χ2v) is 3.61. The minimum Gasteiger partial charge on any atom is -0.481 e. The minimum absolute atomic E-state index is 0.429. The van der Waals surface area contributed by atoms with E-state index in [2.05, 4.69) is 18.8 Å². The summed E-state index contributed by atoms with van der Waals surface area (Å²) in [5.74, 6) is 1.60. The summed E-state index contributed by atoms with van der Waals surface area (Å²) in [6.45, 7) is 4.29. The van der Waals surface area contributed by atoms with Gasteiger partial charge in [-0.05, 0) is 17.9 Å². The van der Waals surface area contributed by atoms with Gasteiger partial charge in [0.25, 0.3) is 0 Å². The zero-order valence-electron chi connectivity index (χ0n) is 8.88. The molecule has 1 heterocycles. The number of rotatable bonds is 4. The first-order valence-corrected chi connectivity index (χ1v) is 5.36. The monoisotopic (exact) mass is 213 g/mol. The Balaban J connectivity index is 3.08. The number of pyridine rings is 1. The van der Waals surface area contributed by atoms with E-state index in [9.17, 15) is 0 Å². The number of hydrogen-bond donors (Lipinski definition) is 0. The Labute approximate surface area is 90.3 Å². The highest BCUT2D eigenvalue weighted by Crippen LogP contribution is 2.24. The molecule has 0 spiro atoms. The number of aromatic nitrogens is 1. The van der Waals surface area contributed by atoms with Crippen molar-refractivity contribution in [2.24, 2.45) is 0 Å². The maximum Gasteiger partial charge on any atom is 0.213 e. The van der Waals surface area contributed by atoms with Crippen LogP contribution in [0.25, 0.3) is 0 Å². The number of ether oxygens (including phenoxy) is 1. The maximum atomic E-state index is 5.85. The smallest absolute Gasteiger partial charge is 0.213 e. The van der Waals surface area contributed by atoms with Gasteiger partial charge < -0.3 is 4.74 Å². The standard InChI is InChI=1S/C11H16ClNO/c1-4-8(2)11-9(7-12)5-6-10(13-11)14-3/h5-6,8H,4,7H2,1-3H3. The summed E-state index contributed by atoms with van der Waals surface area (Å²) < 4.78 is 5.09. The SMILES string of the molecule is CCC(C)c1nc(OC)ccc1CCl. The van der Waals surface area contributed by atoms with Crippen LogP contribution in [0.3, 0.4) is 0 Å². The van der Waals surface area contributed by atoms with Gasteiger partial charge in [-0.3, -0.25) is 0 Å². The highest BCUT2D eigenvalue weighted by Gasteiger charge is 2.11. The van der Waals surface area contributed by atoms with E-state index in [1.54, 1.807) is 7.11 Å². The van der Waals surface area contributed by atoms with E-state index in [-0.39, 0.29) is 0 Å². The molecule has 0 fully saturated rings. The van der Waals surface area contributed by atoms with Crippen molar-refractivity contribution in [3.63, 3.8) is 0 Å². The van der Waals surface area contributed by atoms with Crippen LogP contribution < -0.4 is 4.74 Å². The summed E-state index contributed by atoms with van der Waals surface area (Å²) in [6.07, 6.45) is 1.06. The van der Waals surface area contributed by atoms with Gasteiger partial charge >= 0.3 is 0 Å². The van der Waals surface area contributed by atoms with E-state index in [0.717, 1.165) is 17.7 Å². The van der Waals surface area contributed by atoms with E-state index >= 15 is 0 Å². The minimum atomic E-state index is 0.429. The topological polar surface area (TPSA) is 22.1 Å². The lowest BCUT2D eigenvalue weighted by molar-refractivity contribution is 0.394. The van der Waals surface area contributed by atoms with Crippen LogP contribution in [-0.2, 0) is 5.88 Å². The molecule has 3 heteroatoms. The highest BCUT2D eigenvalue weighted by molar-refractivity contribution is 6.17. The predicted octanol–water partition coefficient (Wildman–Crippen LogP) is 3.34. The molecule has 0 amide bonds. The molecule has 1 rings (SSSR count). The highest BCUT2D eigenvalue weighted by atomic mass is 35.5. The van der Waals surface area contributed by atoms with Gasteiger partial charge in [0, 0.05) is 11.9 Å². The fourth-order valence-corrected chi connectivity index (χ4v) is 1.56. The molecule has 0 saturated heterocycles. The lowest BCUT2D eigenvalue weighted by atomic mass is 10.0. The van der Waals surface area contributed by atoms with Gasteiger partial charge in [0.1, 0.15) is 0 Å². The normalized spacial score (nSPS) is 12.6. The molecule has 2 nitrogen and oxygen atoms in total. The summed E-state index contributed by atoms with van der Waals surface area (Å²) in [5.41, 5.74) is 2.16. The largest absolute Gasteiger partial charge is 0.481 e. The molecule has 0 radical (unpaired) electrons. The van der Waals surface area contributed by atoms with Crippen molar-refractivity contribution < 1.29 is 4.74 Å². The number of nitrogens with zero attached hydrogens (tertiary/aromatic N) is 1. The quantitative estimate of drug-likeness (QED) is 0.716. The third-order valence-corrected chi connectivity index (χ3v) is 2.71. The second-order valence-electron chi connectivity index (χ2n) is 3.34. The number of hydrogen-bond acceptors (Lipinski definition) is 2. The third kappa shape index (κ3) is 2.38. The molecular formula is C11H16ClNO. The molecule has 1 aromatic rings. The van der Waals surface area contributed by atoms with E-state index in [1.807, 2.05) is 12.1 Å². The lowest BCUT2D eigenvalue weighted by Crippen LogP contribution is -2.02. The van der Waals surface area contributed by atoms with Crippen molar-refractivity contribution in [3.8, 4) is 5.88 Å². The van der Waals surface area contributed by atoms with Gasteiger partial charge in [0.05, 0.1) is 12.8 Å². The van der Waals surface area contributed by atoms with Crippen molar-refractivity contribution in [1.82, 2.24) is 4.98 Å². The van der Waals surface area contributed by atoms with Crippen LogP contribution >= 0.6 is 11.6 Å². The summed E-state index contributed by atoms with van der Waals surface area (Å²) >= 11 is 5.85. The Kier molecular flexibility index (Phi) is 4.21. The molecule has 1 unspecified atom stereocenters. The van der Waals surface area contributed by atoms with Crippen molar-refractivity contribution in [3.05, 3.63) is 23.4 Å². The number of alkyl halides is 1. The van der Waals surface area contributed by atoms with Crippen LogP contribution in [0, 0.1) is 0 Å². The molecule has 1 atom stereocenters. The Morgan fingerprint density at radius 2 is 2.21 bits per heavy atom. The predicted molar refractivity (Wildman–Crippen MR) is 59.1 cm³/mol. The number of methoxy groups -OCH3 is 1. The molecule has 0 aliphatic carbocycles.